The third-order valence-electron chi connectivity index (χ3n) is 4.97. The summed E-state index contributed by atoms with van der Waals surface area (Å²) in [4.78, 5) is 25.1. The fraction of sp³-hybridized carbons (Fsp3) is 0.462. The Labute approximate surface area is 219 Å². The van der Waals surface area contributed by atoms with E-state index in [4.69, 9.17) is 9.47 Å². The van der Waals surface area contributed by atoms with Gasteiger partial charge in [-0.05, 0) is 62.1 Å². The van der Waals surface area contributed by atoms with Crippen molar-refractivity contribution in [1.82, 2.24) is 10.6 Å². The van der Waals surface area contributed by atoms with E-state index in [9.17, 15) is 9.59 Å². The summed E-state index contributed by atoms with van der Waals surface area (Å²) in [6.45, 7) is 6.41. The van der Waals surface area contributed by atoms with Gasteiger partial charge in [0.15, 0.2) is 0 Å². The van der Waals surface area contributed by atoms with Gasteiger partial charge in [0.05, 0.1) is 24.3 Å². The van der Waals surface area contributed by atoms with Gasteiger partial charge in [0.25, 0.3) is 11.8 Å². The molecule has 34 heavy (non-hydrogen) atoms. The van der Waals surface area contributed by atoms with Crippen LogP contribution in [0.1, 0.15) is 73.1 Å². The van der Waals surface area contributed by atoms with Crippen molar-refractivity contribution in [3.05, 3.63) is 56.5 Å². The van der Waals surface area contributed by atoms with Crippen molar-refractivity contribution in [1.29, 1.82) is 0 Å². The molecule has 2 rings (SSSR count). The molecule has 0 saturated heterocycles. The van der Waals surface area contributed by atoms with E-state index in [2.05, 4.69) is 42.5 Å². The molecule has 0 atom stereocenters. The van der Waals surface area contributed by atoms with Gasteiger partial charge in [-0.2, -0.15) is 0 Å². The van der Waals surface area contributed by atoms with E-state index in [0.29, 0.717) is 48.9 Å². The molecule has 0 aromatic heterocycles. The first kappa shape index (κ1) is 28.2. The van der Waals surface area contributed by atoms with Crippen LogP contribution < -0.4 is 20.1 Å². The van der Waals surface area contributed by atoms with Crippen molar-refractivity contribution in [3.63, 3.8) is 0 Å². The molecule has 2 N–H and O–H groups in total. The van der Waals surface area contributed by atoms with E-state index < -0.39 is 0 Å². The smallest absolute Gasteiger partial charge is 0.255 e. The van der Waals surface area contributed by atoms with Crippen molar-refractivity contribution in [3.8, 4) is 11.5 Å². The molecule has 0 fully saturated rings. The second-order valence-corrected chi connectivity index (χ2v) is 9.74. The van der Waals surface area contributed by atoms with Gasteiger partial charge in [0.1, 0.15) is 11.5 Å². The summed E-state index contributed by atoms with van der Waals surface area (Å²) in [7, 11) is 0. The lowest BCUT2D eigenvalue weighted by molar-refractivity contribution is 0.0938. The molecule has 8 heteroatoms. The highest BCUT2D eigenvalue weighted by atomic mass is 79.9. The Balaban J connectivity index is 1.67. The monoisotopic (exact) mass is 596 g/mol. The fourth-order valence-electron chi connectivity index (χ4n) is 3.23. The van der Waals surface area contributed by atoms with Crippen LogP contribution in [-0.2, 0) is 0 Å². The van der Waals surface area contributed by atoms with Crippen molar-refractivity contribution in [2.75, 3.05) is 26.3 Å². The highest BCUT2D eigenvalue weighted by Crippen LogP contribution is 2.24. The van der Waals surface area contributed by atoms with Crippen LogP contribution in [-0.4, -0.2) is 38.1 Å². The van der Waals surface area contributed by atoms with Crippen molar-refractivity contribution < 1.29 is 19.1 Å². The van der Waals surface area contributed by atoms with Crippen LogP contribution in [0.25, 0.3) is 0 Å². The van der Waals surface area contributed by atoms with Gasteiger partial charge >= 0.3 is 0 Å². The number of benzene rings is 2. The zero-order valence-corrected chi connectivity index (χ0v) is 23.1. The molecule has 0 aliphatic rings. The molecule has 0 radical (unpaired) electrons. The second kappa shape index (κ2) is 15.8. The molecule has 2 aromatic rings. The summed E-state index contributed by atoms with van der Waals surface area (Å²) in [6, 6.07) is 10.9. The number of amides is 2. The molecule has 0 bridgehead atoms. The number of hydrogen-bond acceptors (Lipinski definition) is 4. The first-order valence-electron chi connectivity index (χ1n) is 11.9. The number of nitrogens with one attached hydrogen (secondary N) is 2. The largest absolute Gasteiger partial charge is 0.493 e. The van der Waals surface area contributed by atoms with E-state index in [-0.39, 0.29) is 11.8 Å². The van der Waals surface area contributed by atoms with Gasteiger partial charge in [-0.1, -0.05) is 58.5 Å². The third kappa shape index (κ3) is 9.66. The summed E-state index contributed by atoms with van der Waals surface area (Å²) in [5, 5.41) is 5.95. The summed E-state index contributed by atoms with van der Waals surface area (Å²) in [5.74, 6) is 0.948. The summed E-state index contributed by atoms with van der Waals surface area (Å²) < 4.78 is 13.1. The van der Waals surface area contributed by atoms with Crippen LogP contribution in [0.15, 0.2) is 45.3 Å². The van der Waals surface area contributed by atoms with Gasteiger partial charge in [0, 0.05) is 22.0 Å². The third-order valence-corrected chi connectivity index (χ3v) is 5.96. The van der Waals surface area contributed by atoms with Gasteiger partial charge in [-0.15, -0.1) is 0 Å². The minimum atomic E-state index is -0.130. The number of carbonyl (C=O) groups excluding carboxylic acids is 2. The number of hydrogen-bond donors (Lipinski definition) is 2. The molecule has 2 amide bonds. The topological polar surface area (TPSA) is 76.7 Å². The average Bonchev–Trinajstić information content (AvgIpc) is 2.83. The SMILES string of the molecule is CCCOc1ccc(Br)cc1C(=O)NCCCCCCNC(=O)c1cc(Br)ccc1OCCC. The Morgan fingerprint density at radius 3 is 1.50 bits per heavy atom. The Hall–Kier alpha value is -2.06. The average molecular weight is 598 g/mol. The predicted octanol–water partition coefficient (Wildman–Crippen LogP) is 6.51. The number of unbranched alkanes of at least 4 members (excludes halogenated alkanes) is 3. The molecular weight excluding hydrogens is 564 g/mol. The predicted molar refractivity (Wildman–Crippen MR) is 143 cm³/mol. The molecule has 2 aromatic carbocycles. The summed E-state index contributed by atoms with van der Waals surface area (Å²) in [6.07, 6.45) is 5.45. The molecule has 0 saturated carbocycles. The van der Waals surface area contributed by atoms with E-state index in [1.165, 1.54) is 0 Å². The number of carbonyl (C=O) groups is 2. The molecule has 6 nitrogen and oxygen atoms in total. The molecule has 0 spiro atoms. The first-order valence-corrected chi connectivity index (χ1v) is 13.5. The molecule has 0 unspecified atom stereocenters. The first-order chi connectivity index (χ1) is 16.5. The zero-order chi connectivity index (χ0) is 24.8. The van der Waals surface area contributed by atoms with E-state index in [1.807, 2.05) is 38.1 Å². The molecule has 0 aliphatic heterocycles. The van der Waals surface area contributed by atoms with E-state index in [0.717, 1.165) is 47.5 Å². The van der Waals surface area contributed by atoms with Gasteiger partial charge in [0.2, 0.25) is 0 Å². The highest BCUT2D eigenvalue weighted by Gasteiger charge is 2.14. The van der Waals surface area contributed by atoms with Crippen molar-refractivity contribution in [2.24, 2.45) is 0 Å². The quantitative estimate of drug-likeness (QED) is 0.229. The normalized spacial score (nSPS) is 10.6. The Morgan fingerprint density at radius 2 is 1.12 bits per heavy atom. The number of ether oxygens (including phenoxy) is 2. The van der Waals surface area contributed by atoms with Gasteiger partial charge < -0.3 is 20.1 Å². The van der Waals surface area contributed by atoms with Gasteiger partial charge in [-0.25, -0.2) is 0 Å². The fourth-order valence-corrected chi connectivity index (χ4v) is 3.96. The molecular formula is C26H34Br2N2O4. The van der Waals surface area contributed by atoms with Crippen LogP contribution in [0.3, 0.4) is 0 Å². The van der Waals surface area contributed by atoms with Gasteiger partial charge in [-0.3, -0.25) is 9.59 Å². The standard InChI is InChI=1S/C26H34Br2N2O4/c1-3-15-33-23-11-9-19(27)17-21(23)25(31)29-13-7-5-6-8-14-30-26(32)22-18-20(28)10-12-24(22)34-16-4-2/h9-12,17-18H,3-8,13-16H2,1-2H3,(H,29,31)(H,30,32). The lowest BCUT2D eigenvalue weighted by Crippen LogP contribution is -2.26. The Kier molecular flexibility index (Phi) is 13.1. The Morgan fingerprint density at radius 1 is 0.706 bits per heavy atom. The highest BCUT2D eigenvalue weighted by molar-refractivity contribution is 9.10. The van der Waals surface area contributed by atoms with Crippen LogP contribution in [0.2, 0.25) is 0 Å². The van der Waals surface area contributed by atoms with E-state index in [1.54, 1.807) is 12.1 Å². The zero-order valence-electron chi connectivity index (χ0n) is 19.9. The van der Waals surface area contributed by atoms with Crippen LogP contribution in [0.5, 0.6) is 11.5 Å². The maximum atomic E-state index is 12.6. The molecule has 186 valence electrons. The van der Waals surface area contributed by atoms with Crippen LogP contribution in [0.4, 0.5) is 0 Å². The molecule has 0 heterocycles. The minimum Gasteiger partial charge on any atom is -0.493 e. The maximum absolute atomic E-state index is 12.6. The van der Waals surface area contributed by atoms with E-state index >= 15 is 0 Å². The van der Waals surface area contributed by atoms with Crippen LogP contribution in [0, 0.1) is 0 Å². The number of halogens is 2. The minimum absolute atomic E-state index is 0.130. The van der Waals surface area contributed by atoms with Crippen LogP contribution >= 0.6 is 31.9 Å². The summed E-state index contributed by atoms with van der Waals surface area (Å²) >= 11 is 6.84. The maximum Gasteiger partial charge on any atom is 0.255 e. The van der Waals surface area contributed by atoms with Crippen molar-refractivity contribution in [2.45, 2.75) is 52.4 Å². The lowest BCUT2D eigenvalue weighted by Gasteiger charge is -2.12. The number of rotatable bonds is 15. The lowest BCUT2D eigenvalue weighted by atomic mass is 10.1. The summed E-state index contributed by atoms with van der Waals surface area (Å²) in [5.41, 5.74) is 1.08. The van der Waals surface area contributed by atoms with Crippen molar-refractivity contribution >= 4 is 43.7 Å². The second-order valence-electron chi connectivity index (χ2n) is 7.90. The Bertz CT molecular complexity index is 862. The molecule has 0 aliphatic carbocycles.